The molecule has 2 unspecified atom stereocenters. The highest BCUT2D eigenvalue weighted by atomic mass is 32.1. The molecule has 2 atom stereocenters. The van der Waals surface area contributed by atoms with E-state index in [1.165, 1.54) is 97.3 Å². The summed E-state index contributed by atoms with van der Waals surface area (Å²) in [5, 5.41) is 2.30. The van der Waals surface area contributed by atoms with Gasteiger partial charge in [0.2, 0.25) is 0 Å². The summed E-state index contributed by atoms with van der Waals surface area (Å²) in [6.45, 7) is 9.38. The van der Waals surface area contributed by atoms with Crippen LogP contribution < -0.4 is 0 Å². The van der Waals surface area contributed by atoms with E-state index in [0.29, 0.717) is 17.4 Å². The van der Waals surface area contributed by atoms with Crippen molar-refractivity contribution in [1.29, 1.82) is 0 Å². The molecule has 2 nitrogen and oxygen atoms in total. The number of rotatable bonds is 13. The summed E-state index contributed by atoms with van der Waals surface area (Å²) in [5.41, 5.74) is 5.50. The first kappa shape index (κ1) is 27.0. The third-order valence-electron chi connectivity index (χ3n) is 8.59. The lowest BCUT2D eigenvalue weighted by Crippen LogP contribution is -2.31. The fourth-order valence-electron chi connectivity index (χ4n) is 6.49. The van der Waals surface area contributed by atoms with Crippen LogP contribution in [-0.4, -0.2) is 8.75 Å². The Morgan fingerprint density at radius 2 is 1.57 bits per heavy atom. The molecular weight excluding hydrogens is 516 g/mol. The van der Waals surface area contributed by atoms with Crippen molar-refractivity contribution >= 4 is 45.4 Å². The number of fused-ring (bicyclic) bond motifs is 4. The quantitative estimate of drug-likeness (QED) is 0.164. The Morgan fingerprint density at radius 1 is 0.865 bits per heavy atom. The van der Waals surface area contributed by atoms with Gasteiger partial charge in [-0.2, -0.15) is 8.75 Å². The fourth-order valence-corrected chi connectivity index (χ4v) is 9.48. The van der Waals surface area contributed by atoms with E-state index in [1.54, 1.807) is 11.6 Å². The average Bonchev–Trinajstić information content (AvgIpc) is 3.68. The zero-order chi connectivity index (χ0) is 26.0. The smallest absolute Gasteiger partial charge is 0.126 e. The number of thiophene rings is 2. The molecule has 0 N–H and O–H groups in total. The highest BCUT2D eigenvalue weighted by molar-refractivity contribution is 7.24. The molecule has 1 aliphatic carbocycles. The number of unbranched alkanes of at least 4 members (excludes halogenated alkanes) is 2. The second kappa shape index (κ2) is 11.6. The Hall–Kier alpha value is -1.63. The molecule has 0 spiro atoms. The van der Waals surface area contributed by atoms with E-state index in [1.807, 2.05) is 22.7 Å². The van der Waals surface area contributed by atoms with Gasteiger partial charge in [0.1, 0.15) is 16.9 Å². The van der Waals surface area contributed by atoms with Gasteiger partial charge >= 0.3 is 0 Å². The van der Waals surface area contributed by atoms with E-state index in [-0.39, 0.29) is 11.2 Å². The van der Waals surface area contributed by atoms with E-state index >= 15 is 0 Å². The van der Waals surface area contributed by atoms with Crippen LogP contribution >= 0.6 is 34.4 Å². The van der Waals surface area contributed by atoms with Crippen molar-refractivity contribution in [2.45, 2.75) is 97.3 Å². The maximum atomic E-state index is 14.6. The summed E-state index contributed by atoms with van der Waals surface area (Å²) >= 11 is 4.90. The molecule has 1 aromatic carbocycles. The van der Waals surface area contributed by atoms with Gasteiger partial charge in [0.15, 0.2) is 0 Å². The average molecular weight is 555 g/mol. The Labute approximate surface area is 233 Å². The Balaban J connectivity index is 1.65. The first-order valence-electron chi connectivity index (χ1n) is 14.2. The van der Waals surface area contributed by atoms with Crippen molar-refractivity contribution in [2.75, 3.05) is 0 Å². The molecule has 1 aliphatic rings. The maximum Gasteiger partial charge on any atom is 0.126 e. The van der Waals surface area contributed by atoms with Crippen LogP contribution in [0.3, 0.4) is 0 Å². The van der Waals surface area contributed by atoms with E-state index in [4.69, 9.17) is 0 Å². The summed E-state index contributed by atoms with van der Waals surface area (Å²) in [6.07, 6.45) is 12.6. The van der Waals surface area contributed by atoms with Crippen molar-refractivity contribution in [3.63, 3.8) is 0 Å². The lowest BCUT2D eigenvalue weighted by atomic mass is 9.65. The normalized spacial score (nSPS) is 18.3. The first-order valence-corrected chi connectivity index (χ1v) is 16.6. The molecule has 6 heteroatoms. The van der Waals surface area contributed by atoms with Crippen LogP contribution in [0.5, 0.6) is 0 Å². The number of hydrogen-bond acceptors (Lipinski definition) is 5. The van der Waals surface area contributed by atoms with Crippen molar-refractivity contribution in [3.8, 4) is 20.2 Å². The summed E-state index contributed by atoms with van der Waals surface area (Å²) in [6, 6.07) is 8.01. The van der Waals surface area contributed by atoms with Crippen molar-refractivity contribution in [2.24, 2.45) is 11.8 Å². The fraction of sp³-hybridized carbons (Fsp3) is 0.548. The number of benzene rings is 1. The maximum absolute atomic E-state index is 14.6. The molecule has 0 amide bonds. The van der Waals surface area contributed by atoms with Gasteiger partial charge in [0, 0.05) is 31.7 Å². The third kappa shape index (κ3) is 5.06. The number of halogens is 1. The van der Waals surface area contributed by atoms with Gasteiger partial charge in [-0.25, -0.2) is 4.39 Å². The molecule has 4 aromatic rings. The van der Waals surface area contributed by atoms with Gasteiger partial charge in [-0.3, -0.25) is 0 Å². The third-order valence-corrected chi connectivity index (χ3v) is 11.4. The van der Waals surface area contributed by atoms with E-state index in [0.717, 1.165) is 16.0 Å². The van der Waals surface area contributed by atoms with Gasteiger partial charge < -0.3 is 0 Å². The summed E-state index contributed by atoms with van der Waals surface area (Å²) in [4.78, 5) is 4.00. The monoisotopic (exact) mass is 554 g/mol. The predicted molar refractivity (Wildman–Crippen MR) is 161 cm³/mol. The molecule has 198 valence electrons. The Morgan fingerprint density at radius 3 is 2.22 bits per heavy atom. The van der Waals surface area contributed by atoms with Gasteiger partial charge in [-0.1, -0.05) is 79.1 Å². The molecule has 0 fully saturated rings. The van der Waals surface area contributed by atoms with E-state index in [9.17, 15) is 4.39 Å². The molecule has 3 aromatic heterocycles. The number of hydrogen-bond donors (Lipinski definition) is 0. The van der Waals surface area contributed by atoms with Gasteiger partial charge in [-0.15, -0.1) is 22.7 Å². The van der Waals surface area contributed by atoms with Gasteiger partial charge in [0.25, 0.3) is 0 Å². The minimum atomic E-state index is -0.233. The first-order chi connectivity index (χ1) is 18.0. The highest BCUT2D eigenvalue weighted by Crippen LogP contribution is 2.61. The Kier molecular flexibility index (Phi) is 8.47. The summed E-state index contributed by atoms with van der Waals surface area (Å²) < 4.78 is 23.5. The molecule has 0 bridgehead atoms. The topological polar surface area (TPSA) is 25.8 Å². The van der Waals surface area contributed by atoms with Crippen LogP contribution in [-0.2, 0) is 5.41 Å². The van der Waals surface area contributed by atoms with Crippen LogP contribution in [0, 0.1) is 17.7 Å². The number of nitrogens with zero attached hydrogens (tertiary/aromatic N) is 2. The second-order valence-electron chi connectivity index (χ2n) is 10.9. The van der Waals surface area contributed by atoms with Crippen LogP contribution in [0.1, 0.15) is 103 Å². The SMILES string of the molecule is CCCCC(CC)CC1(CC(CC)CCCC)c2ccsc2-c2sc(-c3cc(F)cc4nsnc34)cc21. The molecule has 5 rings (SSSR count). The minimum absolute atomic E-state index is 0.0506. The molecule has 0 saturated carbocycles. The Bertz CT molecular complexity index is 1320. The van der Waals surface area contributed by atoms with Crippen LogP contribution in [0.2, 0.25) is 0 Å². The molecule has 0 radical (unpaired) electrons. The van der Waals surface area contributed by atoms with E-state index in [2.05, 4.69) is 54.0 Å². The number of aromatic nitrogens is 2. The van der Waals surface area contributed by atoms with Crippen LogP contribution in [0.4, 0.5) is 4.39 Å². The molecular formula is C31H39FN2S3. The lowest BCUT2D eigenvalue weighted by Gasteiger charge is -2.37. The van der Waals surface area contributed by atoms with Crippen LogP contribution in [0.15, 0.2) is 29.6 Å². The molecule has 3 heterocycles. The van der Waals surface area contributed by atoms with Crippen molar-refractivity contribution in [3.05, 3.63) is 46.6 Å². The molecule has 0 aliphatic heterocycles. The van der Waals surface area contributed by atoms with Crippen LogP contribution in [0.25, 0.3) is 31.2 Å². The molecule has 0 saturated heterocycles. The summed E-state index contributed by atoms with van der Waals surface area (Å²) in [5.74, 6) is 1.20. The lowest BCUT2D eigenvalue weighted by molar-refractivity contribution is 0.266. The van der Waals surface area contributed by atoms with Gasteiger partial charge in [-0.05, 0) is 59.4 Å². The minimum Gasteiger partial charge on any atom is -0.207 e. The highest BCUT2D eigenvalue weighted by Gasteiger charge is 2.47. The summed E-state index contributed by atoms with van der Waals surface area (Å²) in [7, 11) is 0. The van der Waals surface area contributed by atoms with Crippen molar-refractivity contribution < 1.29 is 4.39 Å². The van der Waals surface area contributed by atoms with Gasteiger partial charge in [0.05, 0.1) is 11.7 Å². The largest absolute Gasteiger partial charge is 0.207 e. The standard InChI is InChI=1S/C31H39FN2S3/c1-5-9-11-20(7-3)18-31(19-21(8-4)12-10-6-2)24-13-14-35-29(24)30-25(31)17-27(36-30)23-15-22(32)16-26-28(23)34-37-33-26/h13-17,20-21H,5-12,18-19H2,1-4H3. The van der Waals surface area contributed by atoms with E-state index < -0.39 is 0 Å². The zero-order valence-corrected chi connectivity index (χ0v) is 25.1. The predicted octanol–water partition coefficient (Wildman–Crippen LogP) is 11.1. The second-order valence-corrected chi connectivity index (χ2v) is 13.4. The molecule has 37 heavy (non-hydrogen) atoms. The van der Waals surface area contributed by atoms with Crippen molar-refractivity contribution in [1.82, 2.24) is 8.75 Å². The zero-order valence-electron chi connectivity index (χ0n) is 22.6.